The summed E-state index contributed by atoms with van der Waals surface area (Å²) in [5.41, 5.74) is 3.96. The smallest absolute Gasteiger partial charge is 0.251 e. The fraction of sp³-hybridized carbons (Fsp3) is 0.125. The van der Waals surface area contributed by atoms with E-state index in [1.807, 2.05) is 47.0 Å². The molecule has 1 aromatic heterocycles. The minimum absolute atomic E-state index is 0.154. The van der Waals surface area contributed by atoms with Crippen LogP contribution in [-0.4, -0.2) is 20.7 Å². The van der Waals surface area contributed by atoms with Gasteiger partial charge in [0.2, 0.25) is 0 Å². The minimum atomic E-state index is -0.154. The van der Waals surface area contributed by atoms with E-state index < -0.39 is 0 Å². The molecule has 0 aliphatic heterocycles. The number of nitrogens with zero attached hydrogens (tertiary/aromatic N) is 3. The third kappa shape index (κ3) is 5.42. The summed E-state index contributed by atoms with van der Waals surface area (Å²) in [4.78, 5) is 12.6. The van der Waals surface area contributed by atoms with E-state index in [0.717, 1.165) is 21.1 Å². The van der Waals surface area contributed by atoms with Crippen LogP contribution in [0.4, 0.5) is 0 Å². The maximum absolute atomic E-state index is 12.6. The van der Waals surface area contributed by atoms with E-state index in [2.05, 4.69) is 62.6 Å². The highest BCUT2D eigenvalue weighted by Crippen LogP contribution is 2.25. The van der Waals surface area contributed by atoms with Crippen molar-refractivity contribution in [3.8, 4) is 5.69 Å². The van der Waals surface area contributed by atoms with Crippen LogP contribution < -0.4 is 5.32 Å². The third-order valence-electron chi connectivity index (χ3n) is 4.70. The second-order valence-electron chi connectivity index (χ2n) is 7.04. The maximum Gasteiger partial charge on any atom is 0.251 e. The van der Waals surface area contributed by atoms with E-state index in [1.165, 1.54) is 11.1 Å². The van der Waals surface area contributed by atoms with Crippen LogP contribution in [0, 0.1) is 6.92 Å². The van der Waals surface area contributed by atoms with Gasteiger partial charge in [-0.2, -0.15) is 0 Å². The Kier molecular flexibility index (Phi) is 6.84. The van der Waals surface area contributed by atoms with Crippen molar-refractivity contribution in [1.82, 2.24) is 20.1 Å². The van der Waals surface area contributed by atoms with Gasteiger partial charge < -0.3 is 5.32 Å². The molecule has 7 heteroatoms. The highest BCUT2D eigenvalue weighted by molar-refractivity contribution is 9.10. The van der Waals surface area contributed by atoms with Crippen molar-refractivity contribution in [1.29, 1.82) is 0 Å². The van der Waals surface area contributed by atoms with Crippen LogP contribution in [0.25, 0.3) is 5.69 Å². The quantitative estimate of drug-likeness (QED) is 0.343. The minimum Gasteiger partial charge on any atom is -0.345 e. The Morgan fingerprint density at radius 2 is 1.77 bits per heavy atom. The van der Waals surface area contributed by atoms with E-state index in [9.17, 15) is 4.79 Å². The summed E-state index contributed by atoms with van der Waals surface area (Å²) in [5, 5.41) is 12.5. The average Bonchev–Trinajstić information content (AvgIpc) is 3.20. The first kappa shape index (κ1) is 21.3. The molecule has 0 unspecified atom stereocenters. The Morgan fingerprint density at radius 3 is 2.52 bits per heavy atom. The Balaban J connectivity index is 1.57. The summed E-state index contributed by atoms with van der Waals surface area (Å²) in [6.45, 7) is 2.33. The van der Waals surface area contributed by atoms with Crippen molar-refractivity contribution >= 4 is 33.6 Å². The van der Waals surface area contributed by atoms with Crippen molar-refractivity contribution < 1.29 is 4.79 Å². The Morgan fingerprint density at radius 1 is 1.00 bits per heavy atom. The number of halogens is 1. The van der Waals surface area contributed by atoms with E-state index in [4.69, 9.17) is 0 Å². The van der Waals surface area contributed by atoms with E-state index >= 15 is 0 Å². The lowest BCUT2D eigenvalue weighted by molar-refractivity contribution is 0.0949. The number of carbonyl (C=O) groups is 1. The Labute approximate surface area is 194 Å². The Bertz CT molecular complexity index is 1180. The number of nitrogens with one attached hydrogen (secondary N) is 1. The highest BCUT2D eigenvalue weighted by Gasteiger charge is 2.16. The van der Waals surface area contributed by atoms with Crippen LogP contribution in [0.2, 0.25) is 0 Å². The molecule has 0 atom stereocenters. The molecule has 31 heavy (non-hydrogen) atoms. The summed E-state index contributed by atoms with van der Waals surface area (Å²) < 4.78 is 2.87. The summed E-state index contributed by atoms with van der Waals surface area (Å²) in [5.74, 6) is 1.32. The predicted molar refractivity (Wildman–Crippen MR) is 127 cm³/mol. The monoisotopic (exact) mass is 492 g/mol. The van der Waals surface area contributed by atoms with Crippen molar-refractivity contribution in [2.75, 3.05) is 0 Å². The molecule has 1 heterocycles. The second kappa shape index (κ2) is 9.94. The van der Waals surface area contributed by atoms with Crippen molar-refractivity contribution in [3.05, 3.63) is 106 Å². The molecule has 0 saturated carbocycles. The van der Waals surface area contributed by atoms with Crippen LogP contribution in [0.5, 0.6) is 0 Å². The molecule has 156 valence electrons. The number of benzene rings is 3. The first-order chi connectivity index (χ1) is 15.1. The molecule has 4 aromatic rings. The van der Waals surface area contributed by atoms with Crippen LogP contribution in [0.15, 0.2) is 88.5 Å². The molecule has 1 N–H and O–H groups in total. The number of hydrogen-bond acceptors (Lipinski definition) is 4. The highest BCUT2D eigenvalue weighted by atomic mass is 79.9. The summed E-state index contributed by atoms with van der Waals surface area (Å²) in [6, 6.07) is 25.8. The van der Waals surface area contributed by atoms with Crippen LogP contribution in [0.3, 0.4) is 0 Å². The van der Waals surface area contributed by atoms with E-state index in [-0.39, 0.29) is 12.5 Å². The standard InChI is InChI=1S/C24H21BrN4OS/c1-17-10-12-21(13-11-17)29-22(15-26-23(30)19-8-5-9-20(25)14-19)27-28-24(29)31-16-18-6-3-2-4-7-18/h2-14H,15-16H2,1H3,(H,26,30). The summed E-state index contributed by atoms with van der Waals surface area (Å²) >= 11 is 5.03. The lowest BCUT2D eigenvalue weighted by Crippen LogP contribution is -2.24. The van der Waals surface area contributed by atoms with E-state index in [1.54, 1.807) is 23.9 Å². The second-order valence-corrected chi connectivity index (χ2v) is 8.90. The zero-order valence-corrected chi connectivity index (χ0v) is 19.4. The van der Waals surface area contributed by atoms with Gasteiger partial charge in [0.15, 0.2) is 11.0 Å². The van der Waals surface area contributed by atoms with Crippen molar-refractivity contribution in [2.45, 2.75) is 24.4 Å². The van der Waals surface area contributed by atoms with Crippen molar-refractivity contribution in [3.63, 3.8) is 0 Å². The van der Waals surface area contributed by atoms with Gasteiger partial charge >= 0.3 is 0 Å². The number of aromatic nitrogens is 3. The van der Waals surface area contributed by atoms with Gasteiger partial charge in [0, 0.05) is 21.5 Å². The van der Waals surface area contributed by atoms with Gasteiger partial charge in [-0.25, -0.2) is 0 Å². The molecule has 4 rings (SSSR count). The zero-order valence-electron chi connectivity index (χ0n) is 17.0. The molecule has 1 amide bonds. The van der Waals surface area contributed by atoms with Gasteiger partial charge in [-0.05, 0) is 42.8 Å². The number of thioether (sulfide) groups is 1. The third-order valence-corrected chi connectivity index (χ3v) is 6.19. The largest absolute Gasteiger partial charge is 0.345 e. The van der Waals surface area contributed by atoms with Gasteiger partial charge in [-0.1, -0.05) is 81.8 Å². The number of aryl methyl sites for hydroxylation is 1. The molecule has 0 radical (unpaired) electrons. The number of hydrogen-bond donors (Lipinski definition) is 1. The van der Waals surface area contributed by atoms with Gasteiger partial charge in [0.25, 0.3) is 5.91 Å². The summed E-state index contributed by atoms with van der Waals surface area (Å²) in [6.07, 6.45) is 0. The molecule has 0 bridgehead atoms. The van der Waals surface area contributed by atoms with E-state index in [0.29, 0.717) is 11.4 Å². The molecular formula is C24H21BrN4OS. The average molecular weight is 493 g/mol. The number of carbonyl (C=O) groups excluding carboxylic acids is 1. The van der Waals surface area contributed by atoms with Crippen LogP contribution in [0.1, 0.15) is 27.3 Å². The SMILES string of the molecule is Cc1ccc(-n2c(CNC(=O)c3cccc(Br)c3)nnc2SCc2ccccc2)cc1. The maximum atomic E-state index is 12.6. The first-order valence-electron chi connectivity index (χ1n) is 9.82. The van der Waals surface area contributed by atoms with Gasteiger partial charge in [-0.15, -0.1) is 10.2 Å². The van der Waals surface area contributed by atoms with Gasteiger partial charge in [-0.3, -0.25) is 9.36 Å². The first-order valence-corrected chi connectivity index (χ1v) is 11.6. The molecule has 0 fully saturated rings. The lowest BCUT2D eigenvalue weighted by Gasteiger charge is -2.11. The normalized spacial score (nSPS) is 10.8. The van der Waals surface area contributed by atoms with Crippen molar-refractivity contribution in [2.24, 2.45) is 0 Å². The molecule has 3 aromatic carbocycles. The molecule has 0 aliphatic rings. The predicted octanol–water partition coefficient (Wildman–Crippen LogP) is 5.56. The van der Waals surface area contributed by atoms with Crippen LogP contribution >= 0.6 is 27.7 Å². The Hall–Kier alpha value is -2.90. The number of amides is 1. The summed E-state index contributed by atoms with van der Waals surface area (Å²) in [7, 11) is 0. The number of rotatable bonds is 7. The molecule has 0 spiro atoms. The van der Waals surface area contributed by atoms with Gasteiger partial charge in [0.1, 0.15) is 0 Å². The van der Waals surface area contributed by atoms with Crippen LogP contribution in [-0.2, 0) is 12.3 Å². The fourth-order valence-electron chi connectivity index (χ4n) is 3.07. The topological polar surface area (TPSA) is 59.8 Å². The zero-order chi connectivity index (χ0) is 21.6. The van der Waals surface area contributed by atoms with Gasteiger partial charge in [0.05, 0.1) is 6.54 Å². The fourth-order valence-corrected chi connectivity index (χ4v) is 4.40. The molecular weight excluding hydrogens is 472 g/mol. The molecule has 0 saturated heterocycles. The molecule has 0 aliphatic carbocycles. The molecule has 5 nitrogen and oxygen atoms in total. The lowest BCUT2D eigenvalue weighted by atomic mass is 10.2.